The summed E-state index contributed by atoms with van der Waals surface area (Å²) in [5.74, 6) is 0. The van der Waals surface area contributed by atoms with Gasteiger partial charge in [0.25, 0.3) is 0 Å². The average molecular weight is 266 g/mol. The summed E-state index contributed by atoms with van der Waals surface area (Å²) >= 11 is 1.47. The van der Waals surface area contributed by atoms with E-state index >= 15 is 0 Å². The molecule has 18 heavy (non-hydrogen) atoms. The van der Waals surface area contributed by atoms with Gasteiger partial charge in [-0.25, -0.2) is 4.98 Å². The van der Waals surface area contributed by atoms with Crippen molar-refractivity contribution in [2.24, 2.45) is 0 Å². The van der Waals surface area contributed by atoms with Crippen LogP contribution in [0.15, 0.2) is 0 Å². The molecule has 0 unspecified atom stereocenters. The predicted octanol–water partition coefficient (Wildman–Crippen LogP) is 1.30. The first kappa shape index (κ1) is 13.3. The minimum absolute atomic E-state index is 0.411. The van der Waals surface area contributed by atoms with Crippen molar-refractivity contribution in [3.63, 3.8) is 0 Å². The minimum Gasteiger partial charge on any atom is -0.378 e. The van der Waals surface area contributed by atoms with Crippen molar-refractivity contribution in [1.82, 2.24) is 9.88 Å². The van der Waals surface area contributed by atoms with Crippen molar-refractivity contribution in [2.45, 2.75) is 13.5 Å². The van der Waals surface area contributed by atoms with Crippen molar-refractivity contribution in [2.75, 3.05) is 44.7 Å². The van der Waals surface area contributed by atoms with Gasteiger partial charge >= 0.3 is 0 Å². The molecule has 0 radical (unpaired) electrons. The topological polar surface area (TPSA) is 52.4 Å². The number of methoxy groups -OCH3 is 1. The molecule has 0 bridgehead atoms. The standard InChI is InChI=1S/C12H18N4OS/c1-3-15-4-6-16(7-5-15)12-14-10(9-17-2)11(8-13)18-12/h3-7,9H2,1-2H3. The number of aromatic nitrogens is 1. The van der Waals surface area contributed by atoms with Crippen molar-refractivity contribution in [3.8, 4) is 6.07 Å². The molecular weight excluding hydrogens is 248 g/mol. The molecule has 1 aliphatic rings. The third kappa shape index (κ3) is 2.80. The second-order valence-corrected chi connectivity index (χ2v) is 5.22. The average Bonchev–Trinajstić information content (AvgIpc) is 2.82. The Kier molecular flexibility index (Phi) is 4.53. The van der Waals surface area contributed by atoms with Gasteiger partial charge in [-0.05, 0) is 6.54 Å². The van der Waals surface area contributed by atoms with Crippen LogP contribution in [-0.2, 0) is 11.3 Å². The number of nitrogens with zero attached hydrogens (tertiary/aromatic N) is 4. The highest BCUT2D eigenvalue weighted by Gasteiger charge is 2.20. The Labute approximate surface area is 112 Å². The van der Waals surface area contributed by atoms with Crippen LogP contribution < -0.4 is 4.90 Å². The summed E-state index contributed by atoms with van der Waals surface area (Å²) in [4.78, 5) is 9.88. The molecule has 0 aliphatic carbocycles. The first-order valence-corrected chi connectivity index (χ1v) is 6.96. The summed E-state index contributed by atoms with van der Waals surface area (Å²) in [5.41, 5.74) is 0.762. The van der Waals surface area contributed by atoms with Crippen LogP contribution >= 0.6 is 11.3 Å². The number of piperazine rings is 1. The number of anilines is 1. The zero-order valence-electron chi connectivity index (χ0n) is 10.8. The van der Waals surface area contributed by atoms with E-state index in [1.165, 1.54) is 11.3 Å². The Morgan fingerprint density at radius 1 is 1.39 bits per heavy atom. The highest BCUT2D eigenvalue weighted by molar-refractivity contribution is 7.16. The zero-order valence-corrected chi connectivity index (χ0v) is 11.7. The fourth-order valence-corrected chi connectivity index (χ4v) is 2.97. The second kappa shape index (κ2) is 6.14. The summed E-state index contributed by atoms with van der Waals surface area (Å²) < 4.78 is 5.07. The van der Waals surface area contributed by atoms with Gasteiger partial charge < -0.3 is 14.5 Å². The zero-order chi connectivity index (χ0) is 13.0. The molecule has 1 saturated heterocycles. The Bertz CT molecular complexity index is 432. The molecule has 2 rings (SSSR count). The number of rotatable bonds is 4. The maximum atomic E-state index is 9.07. The molecule has 0 aromatic carbocycles. The van der Waals surface area contributed by atoms with Gasteiger partial charge in [0.2, 0.25) is 0 Å². The van der Waals surface area contributed by atoms with E-state index in [9.17, 15) is 0 Å². The molecule has 0 atom stereocenters. The van der Waals surface area contributed by atoms with Crippen LogP contribution in [0.25, 0.3) is 0 Å². The first-order chi connectivity index (χ1) is 8.78. The van der Waals surface area contributed by atoms with Gasteiger partial charge in [0, 0.05) is 33.3 Å². The van der Waals surface area contributed by atoms with Crippen molar-refractivity contribution >= 4 is 16.5 Å². The lowest BCUT2D eigenvalue weighted by atomic mass is 10.3. The quantitative estimate of drug-likeness (QED) is 0.822. The first-order valence-electron chi connectivity index (χ1n) is 6.14. The van der Waals surface area contributed by atoms with Crippen LogP contribution in [-0.4, -0.2) is 49.7 Å². The molecule has 2 heterocycles. The molecule has 6 heteroatoms. The van der Waals surface area contributed by atoms with Gasteiger partial charge in [0.05, 0.1) is 12.3 Å². The third-order valence-corrected chi connectivity index (χ3v) is 4.22. The van der Waals surface area contributed by atoms with Gasteiger partial charge in [-0.15, -0.1) is 0 Å². The summed E-state index contributed by atoms with van der Waals surface area (Å²) in [6.45, 7) is 7.80. The lowest BCUT2D eigenvalue weighted by Gasteiger charge is -2.33. The lowest BCUT2D eigenvalue weighted by molar-refractivity contribution is 0.182. The molecule has 0 spiro atoms. The third-order valence-electron chi connectivity index (χ3n) is 3.16. The number of thiazole rings is 1. The van der Waals surface area contributed by atoms with Crippen LogP contribution in [0.3, 0.4) is 0 Å². The molecule has 0 amide bonds. The number of nitriles is 1. The number of ether oxygens (including phenoxy) is 1. The van der Waals surface area contributed by atoms with E-state index in [1.807, 2.05) is 0 Å². The van der Waals surface area contributed by atoms with Gasteiger partial charge in [-0.2, -0.15) is 5.26 Å². The Balaban J connectivity index is 2.08. The second-order valence-electron chi connectivity index (χ2n) is 4.24. The maximum Gasteiger partial charge on any atom is 0.186 e. The molecule has 1 aromatic rings. The van der Waals surface area contributed by atoms with Gasteiger partial charge in [0.1, 0.15) is 10.9 Å². The van der Waals surface area contributed by atoms with Crippen molar-refractivity contribution < 1.29 is 4.74 Å². The molecule has 1 fully saturated rings. The molecule has 1 aliphatic heterocycles. The van der Waals surface area contributed by atoms with Crippen molar-refractivity contribution in [3.05, 3.63) is 10.6 Å². The van der Waals surface area contributed by atoms with Gasteiger partial charge in [-0.1, -0.05) is 18.3 Å². The van der Waals surface area contributed by atoms with Gasteiger partial charge in [-0.3, -0.25) is 0 Å². The van der Waals surface area contributed by atoms with Crippen LogP contribution in [0, 0.1) is 11.3 Å². The Morgan fingerprint density at radius 3 is 2.67 bits per heavy atom. The normalized spacial score (nSPS) is 16.8. The van der Waals surface area contributed by atoms with E-state index in [4.69, 9.17) is 10.00 Å². The molecule has 0 saturated carbocycles. The van der Waals surface area contributed by atoms with E-state index in [-0.39, 0.29) is 0 Å². The van der Waals surface area contributed by atoms with Crippen LogP contribution in [0.1, 0.15) is 17.5 Å². The van der Waals surface area contributed by atoms with Gasteiger partial charge in [0.15, 0.2) is 5.13 Å². The smallest absolute Gasteiger partial charge is 0.186 e. The summed E-state index contributed by atoms with van der Waals surface area (Å²) in [7, 11) is 1.63. The highest BCUT2D eigenvalue weighted by Crippen LogP contribution is 2.27. The fraction of sp³-hybridized carbons (Fsp3) is 0.667. The minimum atomic E-state index is 0.411. The monoisotopic (exact) mass is 266 g/mol. The van der Waals surface area contributed by atoms with E-state index in [0.29, 0.717) is 11.5 Å². The molecule has 1 aromatic heterocycles. The predicted molar refractivity (Wildman–Crippen MR) is 71.9 cm³/mol. The van der Waals surface area contributed by atoms with Crippen LogP contribution in [0.4, 0.5) is 5.13 Å². The largest absolute Gasteiger partial charge is 0.378 e. The molecule has 5 nitrogen and oxygen atoms in total. The Morgan fingerprint density at radius 2 is 2.11 bits per heavy atom. The summed E-state index contributed by atoms with van der Waals surface area (Å²) in [6.07, 6.45) is 0. The van der Waals surface area contributed by atoms with Crippen molar-refractivity contribution in [1.29, 1.82) is 5.26 Å². The van der Waals surface area contributed by atoms with E-state index in [0.717, 1.165) is 43.5 Å². The van der Waals surface area contributed by atoms with E-state index in [2.05, 4.69) is 27.8 Å². The highest BCUT2D eigenvalue weighted by atomic mass is 32.1. The maximum absolute atomic E-state index is 9.07. The lowest BCUT2D eigenvalue weighted by Crippen LogP contribution is -2.46. The number of hydrogen-bond donors (Lipinski definition) is 0. The summed E-state index contributed by atoms with van der Waals surface area (Å²) in [6, 6.07) is 2.20. The molecular formula is C12H18N4OS. The molecule has 98 valence electrons. The van der Waals surface area contributed by atoms with Crippen LogP contribution in [0.5, 0.6) is 0 Å². The summed E-state index contributed by atoms with van der Waals surface area (Å²) in [5, 5.41) is 10.0. The van der Waals surface area contributed by atoms with E-state index < -0.39 is 0 Å². The SMILES string of the molecule is CCN1CCN(c2nc(COC)c(C#N)s2)CC1. The number of hydrogen-bond acceptors (Lipinski definition) is 6. The number of likely N-dealkylation sites (N-methyl/N-ethyl adjacent to an activating group) is 1. The fourth-order valence-electron chi connectivity index (χ4n) is 2.05. The van der Waals surface area contributed by atoms with Crippen LogP contribution in [0.2, 0.25) is 0 Å². The Hall–Kier alpha value is -1.16. The molecule has 0 N–H and O–H groups in total. The van der Waals surface area contributed by atoms with E-state index in [1.54, 1.807) is 7.11 Å².